The molecule has 1 atom stereocenters. The number of carbonyl (C=O) groups is 2. The van der Waals surface area contributed by atoms with Crippen molar-refractivity contribution in [3.8, 4) is 11.5 Å². The third-order valence-electron chi connectivity index (χ3n) is 5.60. The predicted octanol–water partition coefficient (Wildman–Crippen LogP) is 1.96. The maximum absolute atomic E-state index is 12.6. The normalized spacial score (nSPS) is 17.5. The highest BCUT2D eigenvalue weighted by Crippen LogP contribution is 2.31. The first-order chi connectivity index (χ1) is 15.0. The number of likely N-dealkylation sites (tertiary alicyclic amines) is 1. The number of hydrogen-bond acceptors (Lipinski definition) is 6. The van der Waals surface area contributed by atoms with Crippen molar-refractivity contribution < 1.29 is 19.1 Å². The molecule has 164 valence electrons. The molecule has 4 rings (SSSR count). The number of aromatic nitrogens is 2. The predicted molar refractivity (Wildman–Crippen MR) is 114 cm³/mol. The average molecular weight is 425 g/mol. The van der Waals surface area contributed by atoms with Crippen LogP contribution in [-0.4, -0.2) is 53.0 Å². The summed E-state index contributed by atoms with van der Waals surface area (Å²) in [5.74, 6) is 1.93. The molecule has 2 aliphatic rings. The van der Waals surface area contributed by atoms with Gasteiger partial charge in [-0.2, -0.15) is 0 Å². The van der Waals surface area contributed by atoms with Crippen LogP contribution in [0.25, 0.3) is 0 Å². The topological polar surface area (TPSA) is 93.7 Å². The highest BCUT2D eigenvalue weighted by atomic mass is 16.6. The van der Waals surface area contributed by atoms with Crippen LogP contribution in [0.5, 0.6) is 11.5 Å². The molecule has 8 nitrogen and oxygen atoms in total. The molecule has 1 fully saturated rings. The van der Waals surface area contributed by atoms with E-state index in [0.717, 1.165) is 28.5 Å². The lowest BCUT2D eigenvalue weighted by molar-refractivity contribution is -0.130. The van der Waals surface area contributed by atoms with E-state index < -0.39 is 0 Å². The molecule has 1 aromatic heterocycles. The summed E-state index contributed by atoms with van der Waals surface area (Å²) in [6, 6.07) is 7.70. The molecule has 1 unspecified atom stereocenters. The van der Waals surface area contributed by atoms with Gasteiger partial charge in [0.2, 0.25) is 11.8 Å². The Morgan fingerprint density at radius 2 is 1.84 bits per heavy atom. The Balaban J connectivity index is 1.24. The Kier molecular flexibility index (Phi) is 6.34. The van der Waals surface area contributed by atoms with Crippen LogP contribution < -0.4 is 14.8 Å². The van der Waals surface area contributed by atoms with Gasteiger partial charge < -0.3 is 19.7 Å². The molecule has 0 spiro atoms. The lowest BCUT2D eigenvalue weighted by Crippen LogP contribution is -2.34. The van der Waals surface area contributed by atoms with E-state index in [0.29, 0.717) is 57.9 Å². The SMILES string of the molecule is Cc1cc(C)nc(CNC(=O)C2CCN(C(=O)CCc3ccc4c(c3)OCCO4)C2)n1. The number of rotatable bonds is 6. The van der Waals surface area contributed by atoms with Gasteiger partial charge in [0, 0.05) is 30.9 Å². The zero-order valence-electron chi connectivity index (χ0n) is 18.0. The molecule has 0 aliphatic carbocycles. The van der Waals surface area contributed by atoms with Crippen LogP contribution in [0.4, 0.5) is 0 Å². The minimum absolute atomic E-state index is 0.0510. The zero-order chi connectivity index (χ0) is 21.8. The number of carbonyl (C=O) groups excluding carboxylic acids is 2. The average Bonchev–Trinajstić information content (AvgIpc) is 3.25. The van der Waals surface area contributed by atoms with E-state index in [9.17, 15) is 9.59 Å². The van der Waals surface area contributed by atoms with E-state index in [2.05, 4.69) is 15.3 Å². The highest BCUT2D eigenvalue weighted by molar-refractivity contribution is 5.82. The summed E-state index contributed by atoms with van der Waals surface area (Å²) in [6.07, 6.45) is 1.71. The van der Waals surface area contributed by atoms with Gasteiger partial charge >= 0.3 is 0 Å². The number of benzene rings is 1. The molecular weight excluding hydrogens is 396 g/mol. The number of aryl methyl sites for hydroxylation is 3. The second-order valence-electron chi connectivity index (χ2n) is 8.09. The summed E-state index contributed by atoms with van der Waals surface area (Å²) >= 11 is 0. The van der Waals surface area contributed by atoms with Gasteiger partial charge in [-0.3, -0.25) is 9.59 Å². The van der Waals surface area contributed by atoms with Crippen LogP contribution in [0.2, 0.25) is 0 Å². The number of nitrogens with one attached hydrogen (secondary N) is 1. The molecule has 2 amide bonds. The molecule has 3 heterocycles. The fourth-order valence-electron chi connectivity index (χ4n) is 4.04. The van der Waals surface area contributed by atoms with Crippen molar-refractivity contribution in [3.05, 3.63) is 47.0 Å². The largest absolute Gasteiger partial charge is 0.486 e. The minimum Gasteiger partial charge on any atom is -0.486 e. The van der Waals surface area contributed by atoms with E-state index in [1.54, 1.807) is 4.90 Å². The molecule has 31 heavy (non-hydrogen) atoms. The summed E-state index contributed by atoms with van der Waals surface area (Å²) in [5, 5.41) is 2.91. The fraction of sp³-hybridized carbons (Fsp3) is 0.478. The van der Waals surface area contributed by atoms with Crippen molar-refractivity contribution in [3.63, 3.8) is 0 Å². The summed E-state index contributed by atoms with van der Waals surface area (Å²) in [6.45, 7) is 6.29. The number of fused-ring (bicyclic) bond motifs is 1. The van der Waals surface area contributed by atoms with E-state index in [1.807, 2.05) is 38.1 Å². The number of hydrogen-bond donors (Lipinski definition) is 1. The number of nitrogens with zero attached hydrogens (tertiary/aromatic N) is 3. The van der Waals surface area contributed by atoms with E-state index >= 15 is 0 Å². The van der Waals surface area contributed by atoms with Gasteiger partial charge in [-0.15, -0.1) is 0 Å². The maximum atomic E-state index is 12.6. The molecule has 0 radical (unpaired) electrons. The monoisotopic (exact) mass is 424 g/mol. The van der Waals surface area contributed by atoms with Gasteiger partial charge in [0.15, 0.2) is 11.5 Å². The summed E-state index contributed by atoms with van der Waals surface area (Å²) in [5.41, 5.74) is 2.80. The molecular formula is C23H28N4O4. The number of ether oxygens (including phenoxy) is 2. The summed E-state index contributed by atoms with van der Waals surface area (Å²) in [7, 11) is 0. The first-order valence-electron chi connectivity index (χ1n) is 10.7. The van der Waals surface area contributed by atoms with Crippen LogP contribution in [-0.2, 0) is 22.6 Å². The Morgan fingerprint density at radius 3 is 2.61 bits per heavy atom. The first-order valence-corrected chi connectivity index (χ1v) is 10.7. The lowest BCUT2D eigenvalue weighted by Gasteiger charge is -2.19. The van der Waals surface area contributed by atoms with Crippen molar-refractivity contribution in [2.75, 3.05) is 26.3 Å². The first kappa shape index (κ1) is 21.1. The molecule has 0 bridgehead atoms. The van der Waals surface area contributed by atoms with Crippen molar-refractivity contribution in [2.24, 2.45) is 5.92 Å². The minimum atomic E-state index is -0.191. The quantitative estimate of drug-likeness (QED) is 0.762. The van der Waals surface area contributed by atoms with Crippen LogP contribution in [0.1, 0.15) is 35.6 Å². The fourth-order valence-corrected chi connectivity index (χ4v) is 4.04. The van der Waals surface area contributed by atoms with Crippen molar-refractivity contribution in [2.45, 2.75) is 39.7 Å². The van der Waals surface area contributed by atoms with Gasteiger partial charge in [0.1, 0.15) is 19.0 Å². The zero-order valence-corrected chi connectivity index (χ0v) is 18.0. The van der Waals surface area contributed by atoms with Crippen molar-refractivity contribution in [1.82, 2.24) is 20.2 Å². The van der Waals surface area contributed by atoms with Gasteiger partial charge in [0.05, 0.1) is 12.5 Å². The smallest absolute Gasteiger partial charge is 0.225 e. The Labute approximate surface area is 182 Å². The standard InChI is InChI=1S/C23H28N4O4/c1-15-11-16(2)26-21(25-15)13-24-23(29)18-7-8-27(14-18)22(28)6-4-17-3-5-19-20(12-17)31-10-9-30-19/h3,5,11-12,18H,4,6-10,13-14H2,1-2H3,(H,24,29). The molecule has 2 aromatic rings. The molecule has 2 aliphatic heterocycles. The van der Waals surface area contributed by atoms with E-state index in [-0.39, 0.29) is 17.7 Å². The van der Waals surface area contributed by atoms with Gasteiger partial charge in [-0.25, -0.2) is 9.97 Å². The molecule has 8 heteroatoms. The van der Waals surface area contributed by atoms with Gasteiger partial charge in [0.25, 0.3) is 0 Å². The van der Waals surface area contributed by atoms with Crippen molar-refractivity contribution in [1.29, 1.82) is 0 Å². The summed E-state index contributed by atoms with van der Waals surface area (Å²) < 4.78 is 11.1. The Hall–Kier alpha value is -3.16. The molecule has 1 aromatic carbocycles. The van der Waals surface area contributed by atoms with Crippen LogP contribution in [0.3, 0.4) is 0 Å². The summed E-state index contributed by atoms with van der Waals surface area (Å²) in [4.78, 5) is 35.7. The molecule has 0 saturated carbocycles. The molecule has 1 saturated heterocycles. The Bertz CT molecular complexity index is 958. The van der Waals surface area contributed by atoms with E-state index in [1.165, 1.54) is 0 Å². The third-order valence-corrected chi connectivity index (χ3v) is 5.60. The second kappa shape index (κ2) is 9.32. The van der Waals surface area contributed by atoms with Crippen LogP contribution in [0.15, 0.2) is 24.3 Å². The van der Waals surface area contributed by atoms with Crippen LogP contribution in [0, 0.1) is 19.8 Å². The van der Waals surface area contributed by atoms with E-state index in [4.69, 9.17) is 9.47 Å². The third kappa shape index (κ3) is 5.31. The second-order valence-corrected chi connectivity index (χ2v) is 8.09. The highest BCUT2D eigenvalue weighted by Gasteiger charge is 2.30. The van der Waals surface area contributed by atoms with Gasteiger partial charge in [-0.1, -0.05) is 6.07 Å². The van der Waals surface area contributed by atoms with Gasteiger partial charge in [-0.05, 0) is 50.5 Å². The number of amides is 2. The van der Waals surface area contributed by atoms with Crippen LogP contribution >= 0.6 is 0 Å². The van der Waals surface area contributed by atoms with Crippen molar-refractivity contribution >= 4 is 11.8 Å². The maximum Gasteiger partial charge on any atom is 0.225 e. The molecule has 1 N–H and O–H groups in total. The lowest BCUT2D eigenvalue weighted by atomic mass is 10.1. The Morgan fingerprint density at radius 1 is 1.10 bits per heavy atom.